The smallest absolute Gasteiger partial charge is 0.256 e. The largest absolute Gasteiger partial charge is 0.320 e. The van der Waals surface area contributed by atoms with Gasteiger partial charge >= 0.3 is 0 Å². The fraction of sp³-hybridized carbons (Fsp3) is 0.389. The quantitative estimate of drug-likeness (QED) is 0.936. The van der Waals surface area contributed by atoms with Crippen LogP contribution in [0.2, 0.25) is 0 Å². The molecule has 0 amide bonds. The molecule has 1 unspecified atom stereocenters. The van der Waals surface area contributed by atoms with Crippen LogP contribution in [0.3, 0.4) is 0 Å². The maximum Gasteiger partial charge on any atom is 0.256 e. The number of hydrogen-bond acceptors (Lipinski definition) is 2. The Labute approximate surface area is 125 Å². The summed E-state index contributed by atoms with van der Waals surface area (Å²) in [5.74, 6) is 0. The van der Waals surface area contributed by atoms with Gasteiger partial charge in [-0.25, -0.2) is 0 Å². The highest BCUT2D eigenvalue weighted by Gasteiger charge is 2.27. The van der Waals surface area contributed by atoms with E-state index in [-0.39, 0.29) is 11.6 Å². The van der Waals surface area contributed by atoms with Crippen molar-refractivity contribution in [2.45, 2.75) is 45.2 Å². The van der Waals surface area contributed by atoms with Gasteiger partial charge in [0.05, 0.1) is 6.04 Å². The molecule has 1 heterocycles. The summed E-state index contributed by atoms with van der Waals surface area (Å²) in [6.07, 6.45) is 3.21. The number of aromatic nitrogens is 1. The molecule has 2 N–H and O–H groups in total. The fourth-order valence-electron chi connectivity index (χ4n) is 2.82. The Morgan fingerprint density at radius 1 is 1.19 bits per heavy atom. The lowest BCUT2D eigenvalue weighted by molar-refractivity contribution is 0.662. The Hall–Kier alpha value is -1.87. The third kappa shape index (κ3) is 2.66. The molecule has 0 radical (unpaired) electrons. The first-order chi connectivity index (χ1) is 10.1. The highest BCUT2D eigenvalue weighted by Crippen LogP contribution is 2.34. The maximum atomic E-state index is 12.7. The summed E-state index contributed by atoms with van der Waals surface area (Å²) in [5.41, 5.74) is 10.4. The molecule has 1 saturated carbocycles. The predicted octanol–water partition coefficient (Wildman–Crippen LogP) is 3.10. The highest BCUT2D eigenvalue weighted by atomic mass is 16.1. The van der Waals surface area contributed by atoms with E-state index < -0.39 is 0 Å². The Morgan fingerprint density at radius 2 is 1.86 bits per heavy atom. The van der Waals surface area contributed by atoms with Crippen molar-refractivity contribution in [1.29, 1.82) is 0 Å². The van der Waals surface area contributed by atoms with E-state index in [1.165, 1.54) is 5.56 Å². The van der Waals surface area contributed by atoms with Gasteiger partial charge in [0, 0.05) is 17.3 Å². The molecule has 21 heavy (non-hydrogen) atoms. The van der Waals surface area contributed by atoms with E-state index >= 15 is 0 Å². The van der Waals surface area contributed by atoms with Crippen LogP contribution in [0.25, 0.3) is 0 Å². The van der Waals surface area contributed by atoms with Crippen LogP contribution in [0.5, 0.6) is 0 Å². The lowest BCUT2D eigenvalue weighted by Crippen LogP contribution is -2.29. The minimum absolute atomic E-state index is 0.0737. The van der Waals surface area contributed by atoms with E-state index in [2.05, 4.69) is 19.1 Å². The Kier molecular flexibility index (Phi) is 3.68. The van der Waals surface area contributed by atoms with Crippen molar-refractivity contribution < 1.29 is 0 Å². The number of nitrogens with two attached hydrogens (primary N) is 1. The van der Waals surface area contributed by atoms with E-state index in [1.807, 2.05) is 35.8 Å². The van der Waals surface area contributed by atoms with E-state index in [0.717, 1.165) is 30.5 Å². The first-order valence-corrected chi connectivity index (χ1v) is 7.68. The van der Waals surface area contributed by atoms with Gasteiger partial charge < -0.3 is 10.3 Å². The summed E-state index contributed by atoms with van der Waals surface area (Å²) in [6, 6.07) is 12.2. The molecular weight excluding hydrogens is 260 g/mol. The van der Waals surface area contributed by atoms with E-state index in [0.29, 0.717) is 11.6 Å². The fourth-order valence-corrected chi connectivity index (χ4v) is 2.82. The molecule has 3 nitrogen and oxygen atoms in total. The number of benzene rings is 1. The second-order valence-corrected chi connectivity index (χ2v) is 5.91. The second-order valence-electron chi connectivity index (χ2n) is 5.91. The number of rotatable bonds is 4. The minimum Gasteiger partial charge on any atom is -0.320 e. The number of pyridine rings is 1. The molecule has 1 aliphatic carbocycles. The summed E-state index contributed by atoms with van der Waals surface area (Å²) in [7, 11) is 0. The lowest BCUT2D eigenvalue weighted by atomic mass is 9.99. The predicted molar refractivity (Wildman–Crippen MR) is 85.6 cm³/mol. The number of nitrogens with zero attached hydrogens (tertiary/aromatic N) is 1. The third-order valence-corrected chi connectivity index (χ3v) is 4.34. The molecule has 0 bridgehead atoms. The number of aryl methyl sites for hydroxylation is 2. The average Bonchev–Trinajstić information content (AvgIpc) is 3.32. The summed E-state index contributed by atoms with van der Waals surface area (Å²) < 4.78 is 1.91. The second kappa shape index (κ2) is 5.49. The summed E-state index contributed by atoms with van der Waals surface area (Å²) >= 11 is 0. The molecule has 3 heteroatoms. The molecule has 0 aliphatic heterocycles. The van der Waals surface area contributed by atoms with Gasteiger partial charge in [0.2, 0.25) is 0 Å². The van der Waals surface area contributed by atoms with Crippen LogP contribution in [0.15, 0.2) is 41.2 Å². The third-order valence-electron chi connectivity index (χ3n) is 4.34. The van der Waals surface area contributed by atoms with Crippen LogP contribution in [0.1, 0.15) is 54.2 Å². The Balaban J connectivity index is 1.99. The maximum absolute atomic E-state index is 12.7. The molecule has 1 fully saturated rings. The van der Waals surface area contributed by atoms with Gasteiger partial charge in [-0.05, 0) is 49.4 Å². The van der Waals surface area contributed by atoms with Crippen molar-refractivity contribution in [3.8, 4) is 0 Å². The van der Waals surface area contributed by atoms with Gasteiger partial charge in [-0.3, -0.25) is 4.79 Å². The number of hydrogen-bond donors (Lipinski definition) is 1. The molecule has 2 aromatic rings. The lowest BCUT2D eigenvalue weighted by Gasteiger charge is -2.16. The summed E-state index contributed by atoms with van der Waals surface area (Å²) in [5, 5.41) is 0. The van der Waals surface area contributed by atoms with Gasteiger partial charge in [0.15, 0.2) is 0 Å². The van der Waals surface area contributed by atoms with Gasteiger partial charge in [0.1, 0.15) is 0 Å². The average molecular weight is 282 g/mol. The van der Waals surface area contributed by atoms with Crippen LogP contribution in [0, 0.1) is 6.92 Å². The zero-order valence-corrected chi connectivity index (χ0v) is 12.7. The van der Waals surface area contributed by atoms with Crippen molar-refractivity contribution in [2.75, 3.05) is 0 Å². The Morgan fingerprint density at radius 3 is 2.43 bits per heavy atom. The van der Waals surface area contributed by atoms with Gasteiger partial charge in [-0.15, -0.1) is 0 Å². The first-order valence-electron chi connectivity index (χ1n) is 7.68. The van der Waals surface area contributed by atoms with Crippen molar-refractivity contribution in [3.05, 3.63) is 69.1 Å². The Bertz CT molecular complexity index is 696. The van der Waals surface area contributed by atoms with E-state index in [9.17, 15) is 4.79 Å². The van der Waals surface area contributed by atoms with Crippen molar-refractivity contribution in [2.24, 2.45) is 5.73 Å². The summed E-state index contributed by atoms with van der Waals surface area (Å²) in [4.78, 5) is 12.7. The molecule has 1 aromatic carbocycles. The molecule has 1 atom stereocenters. The van der Waals surface area contributed by atoms with Crippen molar-refractivity contribution >= 4 is 0 Å². The van der Waals surface area contributed by atoms with Crippen LogP contribution < -0.4 is 11.3 Å². The van der Waals surface area contributed by atoms with Crippen LogP contribution in [0.4, 0.5) is 0 Å². The van der Waals surface area contributed by atoms with Crippen LogP contribution >= 0.6 is 0 Å². The molecule has 0 spiro atoms. The topological polar surface area (TPSA) is 48.0 Å². The molecule has 0 saturated heterocycles. The SMILES string of the molecule is CCc1ccc(C(N)c2ccc(C)n(C3CC3)c2=O)cc1. The van der Waals surface area contributed by atoms with Crippen LogP contribution in [-0.4, -0.2) is 4.57 Å². The normalized spacial score (nSPS) is 16.0. The molecule has 1 aliphatic rings. The van der Waals surface area contributed by atoms with E-state index in [4.69, 9.17) is 5.73 Å². The monoisotopic (exact) mass is 282 g/mol. The van der Waals surface area contributed by atoms with Crippen molar-refractivity contribution in [3.63, 3.8) is 0 Å². The summed E-state index contributed by atoms with van der Waals surface area (Å²) in [6.45, 7) is 4.12. The first kappa shape index (κ1) is 14.1. The zero-order chi connectivity index (χ0) is 15.0. The van der Waals surface area contributed by atoms with Crippen LogP contribution in [-0.2, 0) is 6.42 Å². The van der Waals surface area contributed by atoms with Gasteiger partial charge in [0.25, 0.3) is 5.56 Å². The molecular formula is C18H22N2O. The van der Waals surface area contributed by atoms with E-state index in [1.54, 1.807) is 0 Å². The standard InChI is InChI=1S/C18H22N2O/c1-3-13-5-7-14(8-6-13)17(19)16-11-4-12(2)20(18(16)21)15-9-10-15/h4-8,11,15,17H,3,9-10,19H2,1-2H3. The van der Waals surface area contributed by atoms with Crippen molar-refractivity contribution in [1.82, 2.24) is 4.57 Å². The van der Waals surface area contributed by atoms with Gasteiger partial charge in [-0.2, -0.15) is 0 Å². The van der Waals surface area contributed by atoms with Gasteiger partial charge in [-0.1, -0.05) is 31.2 Å². The molecule has 1 aromatic heterocycles. The minimum atomic E-state index is -0.353. The molecule has 3 rings (SSSR count). The zero-order valence-electron chi connectivity index (χ0n) is 12.7. The molecule has 110 valence electrons. The highest BCUT2D eigenvalue weighted by molar-refractivity contribution is 5.33.